The Kier molecular flexibility index (Phi) is 7.40. The van der Waals surface area contributed by atoms with Crippen LogP contribution in [0.25, 0.3) is 0 Å². The van der Waals surface area contributed by atoms with Crippen molar-refractivity contribution in [3.63, 3.8) is 0 Å². The Labute approximate surface area is 169 Å². The number of anilines is 2. The van der Waals surface area contributed by atoms with Crippen LogP contribution in [0.4, 0.5) is 10.9 Å². The zero-order chi connectivity index (χ0) is 20.8. The van der Waals surface area contributed by atoms with Crippen LogP contribution >= 0.6 is 23.1 Å². The van der Waals surface area contributed by atoms with Crippen LogP contribution in [0.15, 0.2) is 5.16 Å². The number of carbonyl (C=O) groups excluding carboxylic acids is 3. The van der Waals surface area contributed by atoms with Gasteiger partial charge < -0.3 is 20.5 Å². The van der Waals surface area contributed by atoms with Crippen molar-refractivity contribution in [1.29, 1.82) is 0 Å². The first-order chi connectivity index (χ1) is 13.3. The van der Waals surface area contributed by atoms with Gasteiger partial charge in [-0.3, -0.25) is 14.2 Å². The summed E-state index contributed by atoms with van der Waals surface area (Å²) >= 11 is 2.34. The minimum Gasteiger partial charge on any atom is -0.468 e. The number of carbonyl (C=O) groups is 3. The van der Waals surface area contributed by atoms with Crippen molar-refractivity contribution in [2.24, 2.45) is 0 Å². The molecule has 1 amide bonds. The number of nitrogens with one attached hydrogen (secondary N) is 1. The lowest BCUT2D eigenvalue weighted by Crippen LogP contribution is -2.21. The lowest BCUT2D eigenvalue weighted by molar-refractivity contribution is -0.137. The molecule has 2 aromatic rings. The molecular formula is C16H21N5O5S2. The molecule has 0 aliphatic carbocycles. The second-order valence-corrected chi connectivity index (χ2v) is 7.71. The molecule has 0 saturated heterocycles. The van der Waals surface area contributed by atoms with E-state index in [-0.39, 0.29) is 24.9 Å². The monoisotopic (exact) mass is 427 g/mol. The Morgan fingerprint density at radius 1 is 1.29 bits per heavy atom. The second-order valence-electron chi connectivity index (χ2n) is 5.55. The Bertz CT molecular complexity index is 892. The number of methoxy groups -OCH3 is 1. The van der Waals surface area contributed by atoms with E-state index in [4.69, 9.17) is 10.5 Å². The lowest BCUT2D eigenvalue weighted by atomic mass is 10.1. The van der Waals surface area contributed by atoms with Crippen LogP contribution in [0.2, 0.25) is 0 Å². The van der Waals surface area contributed by atoms with E-state index in [0.717, 1.165) is 22.2 Å². The molecule has 28 heavy (non-hydrogen) atoms. The fourth-order valence-corrected chi connectivity index (χ4v) is 4.05. The molecule has 152 valence electrons. The SMILES string of the molecule is CCOC(=O)c1c(NC(=O)Cn2c(N)nnc2SCC(=O)OC)sc(C)c1C. The molecule has 0 fully saturated rings. The minimum atomic E-state index is -0.488. The summed E-state index contributed by atoms with van der Waals surface area (Å²) in [5.74, 6) is -1.30. The molecule has 0 radical (unpaired) electrons. The number of rotatable bonds is 8. The highest BCUT2D eigenvalue weighted by Crippen LogP contribution is 2.33. The van der Waals surface area contributed by atoms with Crippen molar-refractivity contribution in [2.45, 2.75) is 32.5 Å². The molecule has 2 heterocycles. The molecule has 10 nitrogen and oxygen atoms in total. The van der Waals surface area contributed by atoms with Crippen LogP contribution in [0, 0.1) is 13.8 Å². The highest BCUT2D eigenvalue weighted by Gasteiger charge is 2.23. The van der Waals surface area contributed by atoms with Crippen molar-refractivity contribution < 1.29 is 23.9 Å². The molecule has 2 rings (SSSR count). The third kappa shape index (κ3) is 5.01. The van der Waals surface area contributed by atoms with Crippen LogP contribution < -0.4 is 11.1 Å². The molecule has 0 saturated carbocycles. The van der Waals surface area contributed by atoms with E-state index < -0.39 is 17.8 Å². The third-order valence-corrected chi connectivity index (χ3v) is 5.77. The van der Waals surface area contributed by atoms with E-state index in [1.165, 1.54) is 23.0 Å². The van der Waals surface area contributed by atoms with Gasteiger partial charge in [0, 0.05) is 4.88 Å². The summed E-state index contributed by atoms with van der Waals surface area (Å²) in [6.07, 6.45) is 0. The van der Waals surface area contributed by atoms with Crippen LogP contribution in [0.5, 0.6) is 0 Å². The van der Waals surface area contributed by atoms with Gasteiger partial charge in [0.2, 0.25) is 11.9 Å². The summed E-state index contributed by atoms with van der Waals surface area (Å²) < 4.78 is 11.0. The highest BCUT2D eigenvalue weighted by atomic mass is 32.2. The molecular weight excluding hydrogens is 406 g/mol. The first-order valence-electron chi connectivity index (χ1n) is 8.23. The Hall–Kier alpha value is -2.60. The maximum absolute atomic E-state index is 12.5. The number of ether oxygens (including phenoxy) is 2. The molecule has 0 aliphatic heterocycles. The number of nitrogens with zero attached hydrogens (tertiary/aromatic N) is 3. The standard InChI is InChI=1S/C16H21N5O5S2/c1-5-26-14(24)12-8(2)9(3)28-13(12)18-10(22)6-21-15(17)19-20-16(21)27-7-11(23)25-4/h5-7H2,1-4H3,(H2,17,19)(H,18,22). The maximum atomic E-state index is 12.5. The van der Waals surface area contributed by atoms with E-state index in [0.29, 0.717) is 15.7 Å². The number of nitrogen functional groups attached to an aromatic ring is 1. The van der Waals surface area contributed by atoms with Crippen LogP contribution in [-0.4, -0.2) is 52.1 Å². The van der Waals surface area contributed by atoms with Gasteiger partial charge in [0.1, 0.15) is 11.5 Å². The van der Waals surface area contributed by atoms with Gasteiger partial charge in [-0.1, -0.05) is 11.8 Å². The van der Waals surface area contributed by atoms with Gasteiger partial charge in [-0.05, 0) is 26.3 Å². The van der Waals surface area contributed by atoms with Crippen LogP contribution in [0.1, 0.15) is 27.7 Å². The van der Waals surface area contributed by atoms with Crippen molar-refractivity contribution in [3.05, 3.63) is 16.0 Å². The Morgan fingerprint density at radius 2 is 2.00 bits per heavy atom. The summed E-state index contributed by atoms with van der Waals surface area (Å²) in [5.41, 5.74) is 6.88. The third-order valence-electron chi connectivity index (χ3n) is 3.71. The molecule has 0 aromatic carbocycles. The van der Waals surface area contributed by atoms with E-state index >= 15 is 0 Å². The summed E-state index contributed by atoms with van der Waals surface area (Å²) in [7, 11) is 1.28. The molecule has 12 heteroatoms. The van der Waals surface area contributed by atoms with E-state index in [1.807, 2.05) is 6.92 Å². The molecule has 2 aromatic heterocycles. The Morgan fingerprint density at radius 3 is 2.64 bits per heavy atom. The largest absolute Gasteiger partial charge is 0.468 e. The number of hydrogen-bond donors (Lipinski definition) is 2. The number of aromatic nitrogens is 3. The maximum Gasteiger partial charge on any atom is 0.341 e. The second kappa shape index (κ2) is 9.55. The molecule has 0 bridgehead atoms. The van der Waals surface area contributed by atoms with Gasteiger partial charge in [0.15, 0.2) is 5.16 Å². The lowest BCUT2D eigenvalue weighted by Gasteiger charge is -2.09. The summed E-state index contributed by atoms with van der Waals surface area (Å²) in [6.45, 7) is 5.43. The zero-order valence-electron chi connectivity index (χ0n) is 15.9. The predicted octanol–water partition coefficient (Wildman–Crippen LogP) is 1.62. The smallest absolute Gasteiger partial charge is 0.341 e. The van der Waals surface area contributed by atoms with E-state index in [1.54, 1.807) is 13.8 Å². The number of thioether (sulfide) groups is 1. The normalized spacial score (nSPS) is 10.6. The molecule has 0 aliphatic rings. The number of esters is 2. The average Bonchev–Trinajstić information content (AvgIpc) is 3.12. The highest BCUT2D eigenvalue weighted by molar-refractivity contribution is 7.99. The predicted molar refractivity (Wildman–Crippen MR) is 106 cm³/mol. The zero-order valence-corrected chi connectivity index (χ0v) is 17.5. The molecule has 0 atom stereocenters. The summed E-state index contributed by atoms with van der Waals surface area (Å²) in [6, 6.07) is 0. The van der Waals surface area contributed by atoms with E-state index in [9.17, 15) is 14.4 Å². The van der Waals surface area contributed by atoms with Gasteiger partial charge in [-0.25, -0.2) is 4.79 Å². The van der Waals surface area contributed by atoms with Gasteiger partial charge in [-0.2, -0.15) is 0 Å². The quantitative estimate of drug-likeness (QED) is 0.475. The summed E-state index contributed by atoms with van der Waals surface area (Å²) in [5, 5.41) is 11.0. The number of thiophene rings is 1. The van der Waals surface area contributed by atoms with Crippen LogP contribution in [-0.2, 0) is 25.6 Å². The van der Waals surface area contributed by atoms with Gasteiger partial charge in [-0.15, -0.1) is 21.5 Å². The number of hydrogen-bond acceptors (Lipinski definition) is 10. The average molecular weight is 428 g/mol. The number of nitrogens with two attached hydrogens (primary N) is 1. The van der Waals surface area contributed by atoms with Crippen molar-refractivity contribution in [2.75, 3.05) is 30.5 Å². The van der Waals surface area contributed by atoms with E-state index in [2.05, 4.69) is 20.3 Å². The van der Waals surface area contributed by atoms with Crippen LogP contribution in [0.3, 0.4) is 0 Å². The number of amides is 1. The first kappa shape index (κ1) is 21.7. The van der Waals surface area contributed by atoms with Gasteiger partial charge in [0.25, 0.3) is 0 Å². The summed E-state index contributed by atoms with van der Waals surface area (Å²) in [4.78, 5) is 37.0. The Balaban J connectivity index is 2.16. The van der Waals surface area contributed by atoms with Gasteiger partial charge >= 0.3 is 11.9 Å². The van der Waals surface area contributed by atoms with Crippen molar-refractivity contribution >= 4 is 51.9 Å². The number of aryl methyl sites for hydroxylation is 1. The molecule has 0 unspecified atom stereocenters. The first-order valence-corrected chi connectivity index (χ1v) is 10.0. The topological polar surface area (TPSA) is 138 Å². The molecule has 0 spiro atoms. The minimum absolute atomic E-state index is 0.00652. The van der Waals surface area contributed by atoms with Gasteiger partial charge in [0.05, 0.1) is 25.0 Å². The fraction of sp³-hybridized carbons (Fsp3) is 0.438. The van der Waals surface area contributed by atoms with Crippen molar-refractivity contribution in [1.82, 2.24) is 14.8 Å². The van der Waals surface area contributed by atoms with Crippen molar-refractivity contribution in [3.8, 4) is 0 Å². The molecule has 3 N–H and O–H groups in total. The fourth-order valence-electron chi connectivity index (χ4n) is 2.21.